The van der Waals surface area contributed by atoms with E-state index in [4.69, 9.17) is 9.47 Å². The molecule has 0 aromatic heterocycles. The normalized spacial score (nSPS) is 10.2. The SMILES string of the molecule is CCc1ccc(OCCCC(=O)Nc2cc([N+](=O)[O-])ccc2OC)cc1. The quantitative estimate of drug-likeness (QED) is 0.416. The van der Waals surface area contributed by atoms with Gasteiger partial charge in [0.15, 0.2) is 0 Å². The number of carbonyl (C=O) groups excluding carboxylic acids is 1. The number of non-ortho nitro benzene ring substituents is 1. The first-order chi connectivity index (χ1) is 12.5. The zero-order valence-electron chi connectivity index (χ0n) is 14.9. The number of nitrogens with one attached hydrogen (secondary N) is 1. The van der Waals surface area contributed by atoms with Gasteiger partial charge in [0.25, 0.3) is 5.69 Å². The summed E-state index contributed by atoms with van der Waals surface area (Å²) in [5.74, 6) is 0.882. The first kappa shape index (κ1) is 19.2. The van der Waals surface area contributed by atoms with E-state index < -0.39 is 4.92 Å². The summed E-state index contributed by atoms with van der Waals surface area (Å²) in [5, 5.41) is 13.5. The Hall–Kier alpha value is -3.09. The number of benzene rings is 2. The lowest BCUT2D eigenvalue weighted by atomic mass is 10.2. The first-order valence-electron chi connectivity index (χ1n) is 8.37. The molecule has 1 N–H and O–H groups in total. The molecule has 2 aromatic rings. The van der Waals surface area contributed by atoms with Gasteiger partial charge >= 0.3 is 0 Å². The summed E-state index contributed by atoms with van der Waals surface area (Å²) in [6, 6.07) is 11.9. The van der Waals surface area contributed by atoms with Gasteiger partial charge in [0.2, 0.25) is 5.91 Å². The molecule has 7 nitrogen and oxygen atoms in total. The Morgan fingerprint density at radius 1 is 1.19 bits per heavy atom. The van der Waals surface area contributed by atoms with Crippen molar-refractivity contribution in [3.63, 3.8) is 0 Å². The van der Waals surface area contributed by atoms with Crippen LogP contribution in [0.15, 0.2) is 42.5 Å². The highest BCUT2D eigenvalue weighted by Gasteiger charge is 2.13. The van der Waals surface area contributed by atoms with Gasteiger partial charge in [-0.2, -0.15) is 0 Å². The molecule has 0 aliphatic carbocycles. The minimum Gasteiger partial charge on any atom is -0.495 e. The van der Waals surface area contributed by atoms with Gasteiger partial charge in [-0.05, 0) is 36.6 Å². The zero-order valence-corrected chi connectivity index (χ0v) is 14.9. The Bertz CT molecular complexity index is 759. The molecule has 0 saturated carbocycles. The summed E-state index contributed by atoms with van der Waals surface area (Å²) < 4.78 is 10.7. The minimum absolute atomic E-state index is 0.111. The molecule has 1 amide bonds. The lowest BCUT2D eigenvalue weighted by molar-refractivity contribution is -0.384. The number of hydrogen-bond donors (Lipinski definition) is 1. The molecule has 0 fully saturated rings. The number of aryl methyl sites for hydroxylation is 1. The molecule has 26 heavy (non-hydrogen) atoms. The van der Waals surface area contributed by atoms with Crippen molar-refractivity contribution < 1.29 is 19.2 Å². The molecule has 7 heteroatoms. The molecule has 0 saturated heterocycles. The van der Waals surface area contributed by atoms with Gasteiger partial charge in [0, 0.05) is 18.6 Å². The van der Waals surface area contributed by atoms with Crippen LogP contribution in [0.2, 0.25) is 0 Å². The van der Waals surface area contributed by atoms with E-state index in [0.29, 0.717) is 18.8 Å². The molecule has 0 heterocycles. The van der Waals surface area contributed by atoms with Crippen molar-refractivity contribution in [3.05, 3.63) is 58.1 Å². The lowest BCUT2D eigenvalue weighted by Crippen LogP contribution is -2.13. The average Bonchev–Trinajstić information content (AvgIpc) is 2.65. The van der Waals surface area contributed by atoms with E-state index in [1.54, 1.807) is 0 Å². The molecule has 0 unspecified atom stereocenters. The number of nitrogens with zero attached hydrogens (tertiary/aromatic N) is 1. The highest BCUT2D eigenvalue weighted by atomic mass is 16.6. The van der Waals surface area contributed by atoms with Crippen LogP contribution in [0.3, 0.4) is 0 Å². The third kappa shape index (κ3) is 5.47. The average molecular weight is 358 g/mol. The summed E-state index contributed by atoms with van der Waals surface area (Å²) in [6.45, 7) is 2.50. The van der Waals surface area contributed by atoms with Crippen molar-refractivity contribution in [1.82, 2.24) is 0 Å². The van der Waals surface area contributed by atoms with Crippen molar-refractivity contribution in [2.24, 2.45) is 0 Å². The predicted molar refractivity (Wildman–Crippen MR) is 98.8 cm³/mol. The summed E-state index contributed by atoms with van der Waals surface area (Å²) in [6.07, 6.45) is 1.74. The Kier molecular flexibility index (Phi) is 6.96. The van der Waals surface area contributed by atoms with Crippen molar-refractivity contribution in [2.45, 2.75) is 26.2 Å². The van der Waals surface area contributed by atoms with Crippen molar-refractivity contribution >= 4 is 17.3 Å². The molecule has 0 aliphatic heterocycles. The van der Waals surface area contributed by atoms with Gasteiger partial charge in [-0.3, -0.25) is 14.9 Å². The maximum atomic E-state index is 12.1. The topological polar surface area (TPSA) is 90.7 Å². The number of nitro groups is 1. The van der Waals surface area contributed by atoms with Crippen LogP contribution in [-0.4, -0.2) is 24.5 Å². The molecular weight excluding hydrogens is 336 g/mol. The van der Waals surface area contributed by atoms with E-state index >= 15 is 0 Å². The molecular formula is C19H22N2O5. The highest BCUT2D eigenvalue weighted by molar-refractivity contribution is 5.92. The van der Waals surface area contributed by atoms with Crippen LogP contribution in [0.4, 0.5) is 11.4 Å². The zero-order chi connectivity index (χ0) is 18.9. The fourth-order valence-corrected chi connectivity index (χ4v) is 2.36. The third-order valence-corrected chi connectivity index (χ3v) is 3.82. The molecule has 0 bridgehead atoms. The van der Waals surface area contributed by atoms with Crippen LogP contribution in [-0.2, 0) is 11.2 Å². The largest absolute Gasteiger partial charge is 0.495 e. The van der Waals surface area contributed by atoms with Gasteiger partial charge in [0.1, 0.15) is 11.5 Å². The summed E-state index contributed by atoms with van der Waals surface area (Å²) in [4.78, 5) is 22.4. The van der Waals surface area contributed by atoms with Crippen LogP contribution in [0.25, 0.3) is 0 Å². The van der Waals surface area contributed by atoms with E-state index in [0.717, 1.165) is 12.2 Å². The van der Waals surface area contributed by atoms with Gasteiger partial charge < -0.3 is 14.8 Å². The fraction of sp³-hybridized carbons (Fsp3) is 0.316. The number of hydrogen-bond acceptors (Lipinski definition) is 5. The number of amides is 1. The minimum atomic E-state index is -0.521. The number of methoxy groups -OCH3 is 1. The van der Waals surface area contributed by atoms with Crippen LogP contribution in [0.1, 0.15) is 25.3 Å². The molecule has 138 valence electrons. The Balaban J connectivity index is 1.82. The van der Waals surface area contributed by atoms with Crippen LogP contribution in [0, 0.1) is 10.1 Å². The smallest absolute Gasteiger partial charge is 0.271 e. The Labute approximate surface area is 152 Å². The number of nitro benzene ring substituents is 1. The van der Waals surface area contributed by atoms with Gasteiger partial charge in [-0.25, -0.2) is 0 Å². The molecule has 0 aliphatic rings. The molecule has 2 aromatic carbocycles. The van der Waals surface area contributed by atoms with Crippen molar-refractivity contribution in [1.29, 1.82) is 0 Å². The fourth-order valence-electron chi connectivity index (χ4n) is 2.36. The second kappa shape index (κ2) is 9.41. The highest BCUT2D eigenvalue weighted by Crippen LogP contribution is 2.29. The summed E-state index contributed by atoms with van der Waals surface area (Å²) in [5.41, 5.74) is 1.41. The first-order valence-corrected chi connectivity index (χ1v) is 8.37. The Morgan fingerprint density at radius 3 is 2.54 bits per heavy atom. The lowest BCUT2D eigenvalue weighted by Gasteiger charge is -2.10. The predicted octanol–water partition coefficient (Wildman–Crippen LogP) is 3.96. The molecule has 0 atom stereocenters. The second-order valence-electron chi connectivity index (χ2n) is 5.64. The van der Waals surface area contributed by atoms with Gasteiger partial charge in [-0.1, -0.05) is 19.1 Å². The van der Waals surface area contributed by atoms with Crippen molar-refractivity contribution in [3.8, 4) is 11.5 Å². The molecule has 0 radical (unpaired) electrons. The van der Waals surface area contributed by atoms with Crippen LogP contribution < -0.4 is 14.8 Å². The van der Waals surface area contributed by atoms with E-state index in [-0.39, 0.29) is 23.7 Å². The number of ether oxygens (including phenoxy) is 2. The Morgan fingerprint density at radius 2 is 1.92 bits per heavy atom. The molecule has 0 spiro atoms. The standard InChI is InChI=1S/C19H22N2O5/c1-3-14-6-9-16(10-7-14)26-12-4-5-19(22)20-17-13-15(21(23)24)8-11-18(17)25-2/h6-11,13H,3-5,12H2,1-2H3,(H,20,22). The van der Waals surface area contributed by atoms with E-state index in [2.05, 4.69) is 12.2 Å². The number of anilines is 1. The summed E-state index contributed by atoms with van der Waals surface area (Å²) >= 11 is 0. The third-order valence-electron chi connectivity index (χ3n) is 3.82. The van der Waals surface area contributed by atoms with E-state index in [9.17, 15) is 14.9 Å². The second-order valence-corrected chi connectivity index (χ2v) is 5.64. The monoisotopic (exact) mass is 358 g/mol. The van der Waals surface area contributed by atoms with Crippen molar-refractivity contribution in [2.75, 3.05) is 19.0 Å². The molecule has 2 rings (SSSR count). The maximum absolute atomic E-state index is 12.1. The van der Waals surface area contributed by atoms with Gasteiger partial charge in [0.05, 0.1) is 24.3 Å². The maximum Gasteiger partial charge on any atom is 0.271 e. The number of rotatable bonds is 9. The number of carbonyl (C=O) groups is 1. The van der Waals surface area contributed by atoms with Gasteiger partial charge in [-0.15, -0.1) is 0 Å². The van der Waals surface area contributed by atoms with E-state index in [1.165, 1.54) is 30.9 Å². The van der Waals surface area contributed by atoms with Crippen LogP contribution in [0.5, 0.6) is 11.5 Å². The summed E-state index contributed by atoms with van der Waals surface area (Å²) in [7, 11) is 1.44. The van der Waals surface area contributed by atoms with E-state index in [1.807, 2.05) is 24.3 Å². The van der Waals surface area contributed by atoms with Crippen LogP contribution >= 0.6 is 0 Å².